The summed E-state index contributed by atoms with van der Waals surface area (Å²) in [5.74, 6) is 1.93. The lowest BCUT2D eigenvalue weighted by Gasteiger charge is -2.18. The first kappa shape index (κ1) is 15.1. The minimum absolute atomic E-state index is 0.00360. The molecule has 1 heterocycles. The van der Waals surface area contributed by atoms with Gasteiger partial charge in [0.25, 0.3) is 5.56 Å². The monoisotopic (exact) mass is 323 g/mol. The minimum Gasteiger partial charge on any atom is -0.356 e. The highest BCUT2D eigenvalue weighted by atomic mass is 16.1. The van der Waals surface area contributed by atoms with Gasteiger partial charge >= 0.3 is 0 Å². The molecule has 1 fully saturated rings. The Morgan fingerprint density at radius 1 is 1.25 bits per heavy atom. The predicted octanol–water partition coefficient (Wildman–Crippen LogP) is 2.18. The highest BCUT2D eigenvalue weighted by molar-refractivity contribution is 5.76. The molecule has 1 amide bonds. The Morgan fingerprint density at radius 2 is 2.12 bits per heavy atom. The van der Waals surface area contributed by atoms with Gasteiger partial charge in [0.15, 0.2) is 0 Å². The summed E-state index contributed by atoms with van der Waals surface area (Å²) in [6.45, 7) is 0.742. The number of aromatic amines is 1. The van der Waals surface area contributed by atoms with Gasteiger partial charge in [0.2, 0.25) is 5.91 Å². The third-order valence-electron chi connectivity index (χ3n) is 5.24. The molecule has 2 aromatic rings. The van der Waals surface area contributed by atoms with Crippen molar-refractivity contribution in [2.45, 2.75) is 25.7 Å². The molecular formula is C19H21N3O2. The Bertz CT molecular complexity index is 855. The van der Waals surface area contributed by atoms with Gasteiger partial charge in [-0.1, -0.05) is 24.3 Å². The number of carbonyl (C=O) groups is 1. The van der Waals surface area contributed by atoms with Gasteiger partial charge in [-0.25, -0.2) is 4.98 Å². The summed E-state index contributed by atoms with van der Waals surface area (Å²) < 4.78 is 0. The lowest BCUT2D eigenvalue weighted by atomic mass is 9.93. The van der Waals surface area contributed by atoms with Crippen LogP contribution in [0.1, 0.15) is 25.0 Å². The number of nitrogens with one attached hydrogen (secondary N) is 2. The van der Waals surface area contributed by atoms with E-state index in [-0.39, 0.29) is 11.5 Å². The molecule has 1 aromatic carbocycles. The number of fused-ring (bicyclic) bond motifs is 3. The molecule has 3 atom stereocenters. The zero-order chi connectivity index (χ0) is 16.5. The molecule has 5 nitrogen and oxygen atoms in total. The van der Waals surface area contributed by atoms with Crippen LogP contribution in [0.2, 0.25) is 0 Å². The van der Waals surface area contributed by atoms with Crippen LogP contribution < -0.4 is 10.9 Å². The van der Waals surface area contributed by atoms with Crippen LogP contribution in [0.3, 0.4) is 0 Å². The maximum atomic E-state index is 12.1. The molecule has 1 saturated carbocycles. The van der Waals surface area contributed by atoms with Crippen LogP contribution in [-0.2, 0) is 11.2 Å². The molecule has 2 bridgehead atoms. The summed E-state index contributed by atoms with van der Waals surface area (Å²) in [7, 11) is 0. The average Bonchev–Trinajstić information content (AvgIpc) is 3.21. The van der Waals surface area contributed by atoms with Crippen molar-refractivity contribution >= 4 is 16.9 Å². The Kier molecular flexibility index (Phi) is 3.92. The van der Waals surface area contributed by atoms with Crippen LogP contribution in [0.5, 0.6) is 0 Å². The normalized spacial score (nSPS) is 24.6. The smallest absolute Gasteiger partial charge is 0.270 e. The third kappa shape index (κ3) is 2.98. The Morgan fingerprint density at radius 3 is 2.92 bits per heavy atom. The molecule has 0 radical (unpaired) electrons. The number of para-hydroxylation sites is 2. The molecule has 0 saturated heterocycles. The zero-order valence-electron chi connectivity index (χ0n) is 13.5. The van der Waals surface area contributed by atoms with Gasteiger partial charge in [-0.3, -0.25) is 9.59 Å². The van der Waals surface area contributed by atoms with Gasteiger partial charge in [0.1, 0.15) is 5.69 Å². The van der Waals surface area contributed by atoms with E-state index in [9.17, 15) is 9.59 Å². The number of benzene rings is 1. The number of hydrogen-bond acceptors (Lipinski definition) is 3. The van der Waals surface area contributed by atoms with Crippen molar-refractivity contribution in [2.75, 3.05) is 6.54 Å². The first-order chi connectivity index (χ1) is 11.7. The predicted molar refractivity (Wildman–Crippen MR) is 92.5 cm³/mol. The molecule has 4 rings (SSSR count). The van der Waals surface area contributed by atoms with E-state index in [1.165, 1.54) is 12.8 Å². The number of carbonyl (C=O) groups excluding carboxylic acids is 1. The largest absolute Gasteiger partial charge is 0.356 e. The van der Waals surface area contributed by atoms with Crippen molar-refractivity contribution in [1.29, 1.82) is 0 Å². The highest BCUT2D eigenvalue weighted by Gasteiger charge is 2.35. The van der Waals surface area contributed by atoms with Crippen molar-refractivity contribution in [3.8, 4) is 0 Å². The Labute approximate surface area is 140 Å². The van der Waals surface area contributed by atoms with E-state index in [0.29, 0.717) is 30.4 Å². The molecule has 1 aromatic heterocycles. The van der Waals surface area contributed by atoms with Crippen LogP contribution in [0.15, 0.2) is 41.2 Å². The SMILES string of the molecule is O=C(CCc1nc2ccccc2[nH]c1=O)NC[C@@H]1C[C@@H]2C=C[C@H]1C2. The fraction of sp³-hybridized carbons (Fsp3) is 0.421. The number of aryl methyl sites for hydroxylation is 1. The Hall–Kier alpha value is -2.43. The summed E-state index contributed by atoms with van der Waals surface area (Å²) in [6, 6.07) is 7.42. The van der Waals surface area contributed by atoms with Crippen LogP contribution in [0.4, 0.5) is 0 Å². The highest BCUT2D eigenvalue weighted by Crippen LogP contribution is 2.42. The summed E-state index contributed by atoms with van der Waals surface area (Å²) in [6.07, 6.45) is 7.70. The lowest BCUT2D eigenvalue weighted by molar-refractivity contribution is -0.121. The molecule has 0 aliphatic heterocycles. The second-order valence-corrected chi connectivity index (χ2v) is 6.87. The van der Waals surface area contributed by atoms with E-state index in [1.54, 1.807) is 0 Å². The quantitative estimate of drug-likeness (QED) is 0.828. The molecule has 0 unspecified atom stereocenters. The molecule has 124 valence electrons. The maximum Gasteiger partial charge on any atom is 0.270 e. The number of H-pyrrole nitrogens is 1. The van der Waals surface area contributed by atoms with E-state index < -0.39 is 0 Å². The summed E-state index contributed by atoms with van der Waals surface area (Å²) in [5.41, 5.74) is 1.69. The molecule has 5 heteroatoms. The van der Waals surface area contributed by atoms with Crippen molar-refractivity contribution in [3.05, 3.63) is 52.5 Å². The molecule has 2 aliphatic carbocycles. The molecule has 24 heavy (non-hydrogen) atoms. The Balaban J connectivity index is 1.33. The van der Waals surface area contributed by atoms with E-state index in [4.69, 9.17) is 0 Å². The first-order valence-corrected chi connectivity index (χ1v) is 8.62. The standard InChI is InChI=1S/C19H21N3O2/c23-18(20-11-14-10-12-5-6-13(14)9-12)8-7-17-19(24)22-16-4-2-1-3-15(16)21-17/h1-6,12-14H,7-11H2,(H,20,23)(H,22,24)/t12-,13+,14+/m1/s1. The number of allylic oxidation sites excluding steroid dienone is 2. The topological polar surface area (TPSA) is 74.8 Å². The van der Waals surface area contributed by atoms with Gasteiger partial charge in [0.05, 0.1) is 11.0 Å². The lowest BCUT2D eigenvalue weighted by Crippen LogP contribution is -2.31. The molecule has 0 spiro atoms. The number of nitrogens with zero attached hydrogens (tertiary/aromatic N) is 1. The maximum absolute atomic E-state index is 12.1. The van der Waals surface area contributed by atoms with Gasteiger partial charge in [-0.05, 0) is 42.7 Å². The van der Waals surface area contributed by atoms with Gasteiger partial charge in [-0.15, -0.1) is 0 Å². The van der Waals surface area contributed by atoms with Crippen LogP contribution in [-0.4, -0.2) is 22.4 Å². The van der Waals surface area contributed by atoms with Gasteiger partial charge in [0, 0.05) is 19.4 Å². The fourth-order valence-electron chi connectivity index (χ4n) is 3.93. The molecular weight excluding hydrogens is 302 g/mol. The van der Waals surface area contributed by atoms with E-state index >= 15 is 0 Å². The van der Waals surface area contributed by atoms with E-state index in [1.807, 2.05) is 24.3 Å². The molecule has 2 N–H and O–H groups in total. The van der Waals surface area contributed by atoms with Crippen LogP contribution in [0.25, 0.3) is 11.0 Å². The first-order valence-electron chi connectivity index (χ1n) is 8.62. The summed E-state index contributed by atoms with van der Waals surface area (Å²) >= 11 is 0. The third-order valence-corrected chi connectivity index (χ3v) is 5.24. The second kappa shape index (κ2) is 6.23. The van der Waals surface area contributed by atoms with Crippen molar-refractivity contribution in [2.24, 2.45) is 17.8 Å². The molecule has 2 aliphatic rings. The summed E-state index contributed by atoms with van der Waals surface area (Å²) in [5, 5.41) is 3.02. The summed E-state index contributed by atoms with van der Waals surface area (Å²) in [4.78, 5) is 31.3. The second-order valence-electron chi connectivity index (χ2n) is 6.87. The van der Waals surface area contributed by atoms with Crippen molar-refractivity contribution in [1.82, 2.24) is 15.3 Å². The van der Waals surface area contributed by atoms with Crippen LogP contribution in [0, 0.1) is 17.8 Å². The number of hydrogen-bond donors (Lipinski definition) is 2. The van der Waals surface area contributed by atoms with E-state index in [2.05, 4.69) is 27.4 Å². The van der Waals surface area contributed by atoms with E-state index in [0.717, 1.165) is 23.5 Å². The fourth-order valence-corrected chi connectivity index (χ4v) is 3.93. The van der Waals surface area contributed by atoms with Crippen molar-refractivity contribution < 1.29 is 4.79 Å². The average molecular weight is 323 g/mol. The van der Waals surface area contributed by atoms with Gasteiger partial charge < -0.3 is 10.3 Å². The number of amides is 1. The number of aromatic nitrogens is 2. The van der Waals surface area contributed by atoms with Crippen molar-refractivity contribution in [3.63, 3.8) is 0 Å². The zero-order valence-corrected chi connectivity index (χ0v) is 13.5. The van der Waals surface area contributed by atoms with Crippen LogP contribution >= 0.6 is 0 Å². The minimum atomic E-state index is -0.209. The number of rotatable bonds is 5. The van der Waals surface area contributed by atoms with Gasteiger partial charge in [-0.2, -0.15) is 0 Å².